The molecule has 3 aromatic rings. The molecule has 3 rings (SSSR count). The molecule has 0 bridgehead atoms. The zero-order valence-electron chi connectivity index (χ0n) is 15.9. The van der Waals surface area contributed by atoms with Crippen molar-refractivity contribution in [3.05, 3.63) is 66.4 Å². The lowest BCUT2D eigenvalue weighted by atomic mass is 10.2. The summed E-state index contributed by atoms with van der Waals surface area (Å²) < 4.78 is 0. The molecule has 0 atom stereocenters. The van der Waals surface area contributed by atoms with Crippen LogP contribution in [0.5, 0.6) is 0 Å². The third kappa shape index (κ3) is 4.56. The van der Waals surface area contributed by atoms with Gasteiger partial charge in [0.1, 0.15) is 5.82 Å². The van der Waals surface area contributed by atoms with E-state index in [1.54, 1.807) is 36.5 Å². The number of hydrogen-bond donors (Lipinski definition) is 3. The fourth-order valence-corrected chi connectivity index (χ4v) is 2.88. The Morgan fingerprint density at radius 2 is 1.71 bits per heavy atom. The van der Waals surface area contributed by atoms with E-state index in [1.165, 1.54) is 0 Å². The van der Waals surface area contributed by atoms with Crippen molar-refractivity contribution in [3.63, 3.8) is 0 Å². The number of carboxylic acids is 1. The number of nitrogens with zero attached hydrogens (tertiary/aromatic N) is 3. The summed E-state index contributed by atoms with van der Waals surface area (Å²) in [7, 11) is 0. The largest absolute Gasteiger partial charge is 0.478 e. The Hall–Kier alpha value is -3.61. The van der Waals surface area contributed by atoms with Crippen molar-refractivity contribution in [2.45, 2.75) is 13.8 Å². The monoisotopic (exact) mass is 377 g/mol. The van der Waals surface area contributed by atoms with Crippen LogP contribution in [0.3, 0.4) is 0 Å². The molecule has 144 valence electrons. The van der Waals surface area contributed by atoms with Crippen molar-refractivity contribution in [2.24, 2.45) is 0 Å². The summed E-state index contributed by atoms with van der Waals surface area (Å²) in [5.41, 5.74) is 2.70. The first-order valence-corrected chi connectivity index (χ1v) is 9.15. The zero-order chi connectivity index (χ0) is 19.9. The molecule has 7 heteroatoms. The smallest absolute Gasteiger partial charge is 0.337 e. The van der Waals surface area contributed by atoms with Crippen molar-refractivity contribution in [1.82, 2.24) is 9.97 Å². The number of aromatic nitrogens is 2. The van der Waals surface area contributed by atoms with Gasteiger partial charge in [0.25, 0.3) is 0 Å². The predicted molar refractivity (Wildman–Crippen MR) is 112 cm³/mol. The Balaban J connectivity index is 1.74. The summed E-state index contributed by atoms with van der Waals surface area (Å²) >= 11 is 0. The molecule has 1 heterocycles. The Labute approximate surface area is 164 Å². The van der Waals surface area contributed by atoms with Crippen LogP contribution < -0.4 is 15.5 Å². The maximum absolute atomic E-state index is 11.4. The fraction of sp³-hybridized carbons (Fsp3) is 0.190. The Bertz CT molecular complexity index is 940. The molecule has 0 spiro atoms. The number of nitrogens with one attached hydrogen (secondary N) is 2. The van der Waals surface area contributed by atoms with Gasteiger partial charge in [-0.15, -0.1) is 0 Å². The maximum Gasteiger partial charge on any atom is 0.337 e. The molecule has 0 saturated carbocycles. The van der Waals surface area contributed by atoms with Gasteiger partial charge in [-0.1, -0.05) is 12.1 Å². The molecule has 0 radical (unpaired) electrons. The van der Waals surface area contributed by atoms with Crippen LogP contribution in [-0.2, 0) is 0 Å². The van der Waals surface area contributed by atoms with Crippen LogP contribution in [0.25, 0.3) is 0 Å². The van der Waals surface area contributed by atoms with Gasteiger partial charge in [-0.05, 0) is 56.3 Å². The van der Waals surface area contributed by atoms with E-state index in [4.69, 9.17) is 0 Å². The van der Waals surface area contributed by atoms with E-state index in [1.807, 2.05) is 12.1 Å². The number of carboxylic acid groups (broad SMARTS) is 1. The average molecular weight is 377 g/mol. The Morgan fingerprint density at radius 1 is 1.00 bits per heavy atom. The Kier molecular flexibility index (Phi) is 6.06. The van der Waals surface area contributed by atoms with Gasteiger partial charge in [-0.3, -0.25) is 0 Å². The average Bonchev–Trinajstić information content (AvgIpc) is 2.71. The van der Waals surface area contributed by atoms with Gasteiger partial charge < -0.3 is 20.6 Å². The van der Waals surface area contributed by atoms with Gasteiger partial charge in [-0.2, -0.15) is 4.98 Å². The van der Waals surface area contributed by atoms with Gasteiger partial charge in [-0.25, -0.2) is 9.78 Å². The molecule has 3 N–H and O–H groups in total. The van der Waals surface area contributed by atoms with Crippen LogP contribution in [0.2, 0.25) is 0 Å². The summed E-state index contributed by atoms with van der Waals surface area (Å²) in [5.74, 6) is -0.0665. The van der Waals surface area contributed by atoms with Crippen molar-refractivity contribution in [1.29, 1.82) is 0 Å². The molecule has 0 unspecified atom stereocenters. The van der Waals surface area contributed by atoms with E-state index >= 15 is 0 Å². The number of para-hydroxylation sites is 1. The van der Waals surface area contributed by atoms with Crippen LogP contribution in [-0.4, -0.2) is 34.1 Å². The quantitative estimate of drug-likeness (QED) is 0.532. The number of carbonyl (C=O) groups is 1. The van der Waals surface area contributed by atoms with E-state index in [0.29, 0.717) is 17.5 Å². The normalized spacial score (nSPS) is 10.4. The standard InChI is InChI=1S/C21H23N5O2/c1-3-26(4-2)16-11-9-15(10-12-16)23-21-22-14-13-19(25-21)24-18-8-6-5-7-17(18)20(27)28/h5-14H,3-4H2,1-2H3,(H,27,28)(H2,22,23,24,25). The minimum Gasteiger partial charge on any atom is -0.478 e. The lowest BCUT2D eigenvalue weighted by Crippen LogP contribution is -2.21. The lowest BCUT2D eigenvalue weighted by Gasteiger charge is -2.21. The highest BCUT2D eigenvalue weighted by Gasteiger charge is 2.10. The number of benzene rings is 2. The SMILES string of the molecule is CCN(CC)c1ccc(Nc2nccc(Nc3ccccc3C(=O)O)n2)cc1. The van der Waals surface area contributed by atoms with Crippen LogP contribution >= 0.6 is 0 Å². The van der Waals surface area contributed by atoms with Gasteiger partial charge >= 0.3 is 5.97 Å². The highest BCUT2D eigenvalue weighted by atomic mass is 16.4. The predicted octanol–water partition coefficient (Wildman–Crippen LogP) is 4.51. The summed E-state index contributed by atoms with van der Waals surface area (Å²) in [6.07, 6.45) is 1.62. The number of anilines is 5. The third-order valence-electron chi connectivity index (χ3n) is 4.33. The third-order valence-corrected chi connectivity index (χ3v) is 4.33. The molecule has 1 aromatic heterocycles. The van der Waals surface area contributed by atoms with Crippen LogP contribution in [0.4, 0.5) is 28.8 Å². The fourth-order valence-electron chi connectivity index (χ4n) is 2.88. The van der Waals surface area contributed by atoms with Gasteiger partial charge in [0.15, 0.2) is 0 Å². The second-order valence-corrected chi connectivity index (χ2v) is 6.09. The lowest BCUT2D eigenvalue weighted by molar-refractivity contribution is 0.0698. The van der Waals surface area contributed by atoms with Crippen molar-refractivity contribution >= 4 is 34.8 Å². The van der Waals surface area contributed by atoms with Crippen molar-refractivity contribution in [3.8, 4) is 0 Å². The van der Waals surface area contributed by atoms with Crippen molar-refractivity contribution in [2.75, 3.05) is 28.6 Å². The Morgan fingerprint density at radius 3 is 2.39 bits per heavy atom. The molecule has 0 fully saturated rings. The molecule has 0 aliphatic carbocycles. The summed E-state index contributed by atoms with van der Waals surface area (Å²) in [6, 6.07) is 16.5. The minimum atomic E-state index is -0.996. The first-order valence-electron chi connectivity index (χ1n) is 9.15. The molecule has 0 saturated heterocycles. The maximum atomic E-state index is 11.4. The molecule has 0 aliphatic rings. The van der Waals surface area contributed by atoms with E-state index < -0.39 is 5.97 Å². The highest BCUT2D eigenvalue weighted by Crippen LogP contribution is 2.22. The molecule has 7 nitrogen and oxygen atoms in total. The molecule has 0 aliphatic heterocycles. The number of hydrogen-bond acceptors (Lipinski definition) is 6. The number of aromatic carboxylic acids is 1. The number of rotatable bonds is 8. The first-order chi connectivity index (χ1) is 13.6. The van der Waals surface area contributed by atoms with E-state index in [9.17, 15) is 9.90 Å². The first kappa shape index (κ1) is 19.2. The van der Waals surface area contributed by atoms with E-state index in [2.05, 4.69) is 51.5 Å². The van der Waals surface area contributed by atoms with Crippen molar-refractivity contribution < 1.29 is 9.90 Å². The minimum absolute atomic E-state index is 0.183. The van der Waals surface area contributed by atoms with Gasteiger partial charge in [0.2, 0.25) is 5.95 Å². The second kappa shape index (κ2) is 8.85. The second-order valence-electron chi connectivity index (χ2n) is 6.09. The van der Waals surface area contributed by atoms with Crippen LogP contribution in [0, 0.1) is 0 Å². The summed E-state index contributed by atoms with van der Waals surface area (Å²) in [6.45, 7) is 6.17. The van der Waals surface area contributed by atoms with Gasteiger partial charge in [0.05, 0.1) is 11.3 Å². The summed E-state index contributed by atoms with van der Waals surface area (Å²) in [4.78, 5) is 22.3. The highest BCUT2D eigenvalue weighted by molar-refractivity contribution is 5.95. The van der Waals surface area contributed by atoms with E-state index in [0.717, 1.165) is 24.5 Å². The summed E-state index contributed by atoms with van der Waals surface area (Å²) in [5, 5.41) is 15.5. The van der Waals surface area contributed by atoms with Crippen LogP contribution in [0.1, 0.15) is 24.2 Å². The molecular weight excluding hydrogens is 354 g/mol. The van der Waals surface area contributed by atoms with E-state index in [-0.39, 0.29) is 5.56 Å². The molecule has 28 heavy (non-hydrogen) atoms. The molecule has 2 aromatic carbocycles. The zero-order valence-corrected chi connectivity index (χ0v) is 15.9. The topological polar surface area (TPSA) is 90.4 Å². The molecule has 0 amide bonds. The van der Waals surface area contributed by atoms with Gasteiger partial charge in [0, 0.05) is 30.7 Å². The van der Waals surface area contributed by atoms with Crippen LogP contribution in [0.15, 0.2) is 60.8 Å². The molecular formula is C21H23N5O2.